The Balaban J connectivity index is 1.76. The highest BCUT2D eigenvalue weighted by Gasteiger charge is 2.13. The van der Waals surface area contributed by atoms with Gasteiger partial charge >= 0.3 is 0 Å². The van der Waals surface area contributed by atoms with Gasteiger partial charge in [-0.15, -0.1) is 5.10 Å². The molecular weight excluding hydrogens is 405 g/mol. The Hall–Kier alpha value is -2.41. The summed E-state index contributed by atoms with van der Waals surface area (Å²) in [5.74, 6) is 1.27. The van der Waals surface area contributed by atoms with Crippen LogP contribution in [0.5, 0.6) is 5.75 Å². The van der Waals surface area contributed by atoms with Gasteiger partial charge in [-0.2, -0.15) is 9.50 Å². The monoisotopic (exact) mass is 417 g/mol. The second-order valence-electron chi connectivity index (χ2n) is 5.64. The first-order valence-corrected chi connectivity index (χ1v) is 9.72. The summed E-state index contributed by atoms with van der Waals surface area (Å²) < 4.78 is 7.20. The van der Waals surface area contributed by atoms with Crippen LogP contribution in [0.3, 0.4) is 0 Å². The van der Waals surface area contributed by atoms with Crippen molar-refractivity contribution in [1.82, 2.24) is 14.6 Å². The minimum atomic E-state index is -0.254. The molecule has 0 fully saturated rings. The smallest absolute Gasteiger partial charge is 0.291 e. The summed E-state index contributed by atoms with van der Waals surface area (Å²) in [6, 6.07) is 12.6. The molecule has 2 heterocycles. The second-order valence-corrected chi connectivity index (χ2v) is 7.46. The van der Waals surface area contributed by atoms with Gasteiger partial charge in [0.2, 0.25) is 4.96 Å². The van der Waals surface area contributed by atoms with Gasteiger partial charge in [-0.3, -0.25) is 4.79 Å². The topological polar surface area (TPSA) is 56.5 Å². The Morgan fingerprint density at radius 2 is 1.85 bits per heavy atom. The van der Waals surface area contributed by atoms with Crippen LogP contribution in [0.4, 0.5) is 0 Å². The molecule has 0 bridgehead atoms. The molecule has 0 unspecified atom stereocenters. The molecule has 27 heavy (non-hydrogen) atoms. The Morgan fingerprint density at radius 1 is 1.15 bits per heavy atom. The minimum absolute atomic E-state index is 0.254. The molecule has 0 aliphatic heterocycles. The number of nitrogens with zero attached hydrogens (tertiary/aromatic N) is 3. The molecule has 0 aliphatic carbocycles. The van der Waals surface area contributed by atoms with E-state index in [1.807, 2.05) is 31.2 Å². The third-order valence-electron chi connectivity index (χ3n) is 3.88. The number of benzene rings is 2. The predicted molar refractivity (Wildman–Crippen MR) is 109 cm³/mol. The zero-order chi connectivity index (χ0) is 19.0. The van der Waals surface area contributed by atoms with Crippen molar-refractivity contribution in [1.29, 1.82) is 0 Å². The van der Waals surface area contributed by atoms with Crippen molar-refractivity contribution >= 4 is 45.6 Å². The highest BCUT2D eigenvalue weighted by atomic mass is 35.5. The fraction of sp³-hybridized carbons (Fsp3) is 0.105. The lowest BCUT2D eigenvalue weighted by atomic mass is 10.2. The number of fused-ring (bicyclic) bond motifs is 1. The maximum Gasteiger partial charge on any atom is 0.291 e. The summed E-state index contributed by atoms with van der Waals surface area (Å²) in [4.78, 5) is 17.7. The molecule has 5 nitrogen and oxygen atoms in total. The molecule has 0 atom stereocenters. The Bertz CT molecular complexity index is 1210. The van der Waals surface area contributed by atoms with E-state index in [0.29, 0.717) is 37.5 Å². The summed E-state index contributed by atoms with van der Waals surface area (Å²) in [5, 5.41) is 5.31. The lowest BCUT2D eigenvalue weighted by Crippen LogP contribution is -2.23. The van der Waals surface area contributed by atoms with E-state index in [9.17, 15) is 4.79 Å². The zero-order valence-electron chi connectivity index (χ0n) is 14.1. The van der Waals surface area contributed by atoms with Crippen LogP contribution < -0.4 is 14.8 Å². The quantitative estimate of drug-likeness (QED) is 0.502. The first kappa shape index (κ1) is 18.0. The molecule has 0 spiro atoms. The van der Waals surface area contributed by atoms with Gasteiger partial charge in [0.1, 0.15) is 5.75 Å². The van der Waals surface area contributed by atoms with Crippen LogP contribution in [-0.2, 0) is 0 Å². The first-order chi connectivity index (χ1) is 13.1. The molecule has 8 heteroatoms. The van der Waals surface area contributed by atoms with Gasteiger partial charge in [-0.05, 0) is 49.4 Å². The average Bonchev–Trinajstić information content (AvgIpc) is 3.19. The molecule has 0 saturated carbocycles. The Labute approximate surface area is 168 Å². The van der Waals surface area contributed by atoms with E-state index < -0.39 is 0 Å². The van der Waals surface area contributed by atoms with Crippen molar-refractivity contribution in [2.45, 2.75) is 6.92 Å². The number of halogens is 2. The first-order valence-electron chi connectivity index (χ1n) is 8.15. The van der Waals surface area contributed by atoms with Gasteiger partial charge in [0.15, 0.2) is 5.82 Å². The van der Waals surface area contributed by atoms with E-state index in [-0.39, 0.29) is 5.56 Å². The molecule has 2 aromatic carbocycles. The van der Waals surface area contributed by atoms with Gasteiger partial charge in [0, 0.05) is 21.2 Å². The van der Waals surface area contributed by atoms with Crippen LogP contribution in [0.2, 0.25) is 10.0 Å². The highest BCUT2D eigenvalue weighted by Crippen LogP contribution is 2.25. The average molecular weight is 418 g/mol. The third-order valence-corrected chi connectivity index (χ3v) is 5.50. The van der Waals surface area contributed by atoms with Crippen molar-refractivity contribution in [2.24, 2.45) is 0 Å². The van der Waals surface area contributed by atoms with Crippen molar-refractivity contribution in [3.63, 3.8) is 0 Å². The van der Waals surface area contributed by atoms with Crippen LogP contribution in [0, 0.1) is 0 Å². The largest absolute Gasteiger partial charge is 0.494 e. The van der Waals surface area contributed by atoms with Crippen LogP contribution in [0.1, 0.15) is 12.5 Å². The molecule has 2 aromatic heterocycles. The predicted octanol–water partition coefficient (Wildman–Crippen LogP) is 4.07. The number of hydrogen-bond donors (Lipinski definition) is 0. The molecular formula is C19H13Cl2N3O2S. The van der Waals surface area contributed by atoms with Crippen LogP contribution in [-0.4, -0.2) is 21.2 Å². The third kappa shape index (κ3) is 3.43. The maximum atomic E-state index is 12.7. The van der Waals surface area contributed by atoms with Crippen molar-refractivity contribution < 1.29 is 4.74 Å². The SMILES string of the molecule is CCOc1ccc(-c2nc3sc(=Cc4c(Cl)cccc4Cl)c(=O)n3n2)cc1. The number of hydrogen-bond acceptors (Lipinski definition) is 5. The lowest BCUT2D eigenvalue weighted by molar-refractivity contribution is 0.340. The van der Waals surface area contributed by atoms with E-state index in [1.54, 1.807) is 24.3 Å². The molecule has 0 saturated heterocycles. The Morgan fingerprint density at radius 3 is 2.48 bits per heavy atom. The zero-order valence-corrected chi connectivity index (χ0v) is 16.5. The number of rotatable bonds is 4. The molecule has 0 aliphatic rings. The van der Waals surface area contributed by atoms with E-state index in [0.717, 1.165) is 11.3 Å². The Kier molecular flexibility index (Phi) is 4.86. The molecule has 0 radical (unpaired) electrons. The minimum Gasteiger partial charge on any atom is -0.494 e. The standard InChI is InChI=1S/C19H13Cl2N3O2S/c1-2-26-12-8-6-11(7-9-12)17-22-19-24(23-17)18(25)16(27-19)10-13-14(20)4-3-5-15(13)21/h3-10H,2H2,1H3. The molecule has 136 valence electrons. The lowest BCUT2D eigenvalue weighted by Gasteiger charge is -2.02. The summed E-state index contributed by atoms with van der Waals surface area (Å²) in [6.45, 7) is 2.53. The van der Waals surface area contributed by atoms with Crippen molar-refractivity contribution in [3.8, 4) is 17.1 Å². The molecule has 4 rings (SSSR count). The number of thiazole rings is 1. The summed E-state index contributed by atoms with van der Waals surface area (Å²) in [6.07, 6.45) is 1.67. The van der Waals surface area contributed by atoms with Gasteiger partial charge < -0.3 is 4.74 Å². The molecule has 0 amide bonds. The van der Waals surface area contributed by atoms with Crippen molar-refractivity contribution in [2.75, 3.05) is 6.61 Å². The summed E-state index contributed by atoms with van der Waals surface area (Å²) in [7, 11) is 0. The van der Waals surface area contributed by atoms with E-state index >= 15 is 0 Å². The summed E-state index contributed by atoms with van der Waals surface area (Å²) >= 11 is 13.6. The van der Waals surface area contributed by atoms with E-state index in [4.69, 9.17) is 27.9 Å². The van der Waals surface area contributed by atoms with Gasteiger partial charge in [-0.25, -0.2) is 0 Å². The molecule has 0 N–H and O–H groups in total. The normalized spacial score (nSPS) is 12.0. The summed E-state index contributed by atoms with van der Waals surface area (Å²) in [5.41, 5.74) is 1.17. The number of ether oxygens (including phenoxy) is 1. The fourth-order valence-electron chi connectivity index (χ4n) is 2.60. The van der Waals surface area contributed by atoms with Crippen LogP contribution >= 0.6 is 34.5 Å². The van der Waals surface area contributed by atoms with E-state index in [2.05, 4.69) is 10.1 Å². The molecule has 4 aromatic rings. The van der Waals surface area contributed by atoms with Gasteiger partial charge in [-0.1, -0.05) is 40.6 Å². The van der Waals surface area contributed by atoms with Gasteiger partial charge in [0.05, 0.1) is 11.1 Å². The van der Waals surface area contributed by atoms with Crippen LogP contribution in [0.15, 0.2) is 47.3 Å². The van der Waals surface area contributed by atoms with Crippen molar-refractivity contribution in [3.05, 3.63) is 73.0 Å². The van der Waals surface area contributed by atoms with Gasteiger partial charge in [0.25, 0.3) is 5.56 Å². The van der Waals surface area contributed by atoms with E-state index in [1.165, 1.54) is 15.9 Å². The van der Waals surface area contributed by atoms with Crippen LogP contribution in [0.25, 0.3) is 22.4 Å². The second kappa shape index (κ2) is 7.31. The highest BCUT2D eigenvalue weighted by molar-refractivity contribution is 7.15. The maximum absolute atomic E-state index is 12.7. The number of aromatic nitrogens is 3. The fourth-order valence-corrected chi connectivity index (χ4v) is 4.00.